The molecule has 5 heteroatoms. The van der Waals surface area contributed by atoms with Gasteiger partial charge in [0.2, 0.25) is 0 Å². The molecule has 0 aromatic carbocycles. The average molecular weight is 256 g/mol. The maximum absolute atomic E-state index is 11.6. The molecular formula is C13H24N2O3. The summed E-state index contributed by atoms with van der Waals surface area (Å²) >= 11 is 0. The standard InChI is InChI=1S/C13H24N2O3/c1-2-3-5-10-6-4-7-11(10)15-13(18)14-9-8-12(16)17/h10-11H,2-9H2,1H3,(H,16,17)(H2,14,15,18). The monoisotopic (exact) mass is 256 g/mol. The number of aliphatic carboxylic acids is 1. The maximum atomic E-state index is 11.6. The van der Waals surface area contributed by atoms with Crippen LogP contribution in [-0.4, -0.2) is 29.7 Å². The smallest absolute Gasteiger partial charge is 0.315 e. The van der Waals surface area contributed by atoms with Crippen molar-refractivity contribution in [1.29, 1.82) is 0 Å². The minimum absolute atomic E-state index is 0.0304. The number of carbonyl (C=O) groups is 2. The molecule has 0 heterocycles. The van der Waals surface area contributed by atoms with Crippen LogP contribution in [0.25, 0.3) is 0 Å². The minimum Gasteiger partial charge on any atom is -0.481 e. The van der Waals surface area contributed by atoms with E-state index >= 15 is 0 Å². The number of rotatable bonds is 7. The lowest BCUT2D eigenvalue weighted by Crippen LogP contribution is -2.44. The number of hydrogen-bond acceptors (Lipinski definition) is 2. The van der Waals surface area contributed by atoms with Crippen LogP contribution >= 0.6 is 0 Å². The van der Waals surface area contributed by atoms with Crippen molar-refractivity contribution in [2.75, 3.05) is 6.54 Å². The third-order valence-electron chi connectivity index (χ3n) is 3.53. The summed E-state index contributed by atoms with van der Waals surface area (Å²) in [7, 11) is 0. The highest BCUT2D eigenvalue weighted by atomic mass is 16.4. The van der Waals surface area contributed by atoms with Crippen LogP contribution in [0.15, 0.2) is 0 Å². The zero-order chi connectivity index (χ0) is 13.4. The van der Waals surface area contributed by atoms with E-state index in [1.54, 1.807) is 0 Å². The van der Waals surface area contributed by atoms with Crippen LogP contribution in [0.5, 0.6) is 0 Å². The molecule has 0 aliphatic heterocycles. The quantitative estimate of drug-likeness (QED) is 0.653. The van der Waals surface area contributed by atoms with Gasteiger partial charge in [-0.05, 0) is 25.2 Å². The molecule has 1 aliphatic rings. The van der Waals surface area contributed by atoms with Gasteiger partial charge >= 0.3 is 12.0 Å². The van der Waals surface area contributed by atoms with E-state index in [4.69, 9.17) is 5.11 Å². The second-order valence-corrected chi connectivity index (χ2v) is 4.98. The first-order valence-electron chi connectivity index (χ1n) is 6.89. The van der Waals surface area contributed by atoms with Gasteiger partial charge in [0, 0.05) is 12.6 Å². The predicted octanol–water partition coefficient (Wildman–Crippen LogP) is 2.12. The molecule has 0 spiro atoms. The first-order chi connectivity index (χ1) is 8.63. The Balaban J connectivity index is 2.23. The lowest BCUT2D eigenvalue weighted by molar-refractivity contribution is -0.136. The van der Waals surface area contributed by atoms with E-state index in [0.29, 0.717) is 5.92 Å². The third kappa shape index (κ3) is 5.38. The Morgan fingerprint density at radius 3 is 2.78 bits per heavy atom. The molecule has 0 radical (unpaired) electrons. The van der Waals surface area contributed by atoms with Crippen LogP contribution in [0.3, 0.4) is 0 Å². The first kappa shape index (κ1) is 14.8. The van der Waals surface area contributed by atoms with Crippen LogP contribution < -0.4 is 10.6 Å². The molecule has 104 valence electrons. The Morgan fingerprint density at radius 1 is 1.33 bits per heavy atom. The van der Waals surface area contributed by atoms with Gasteiger partial charge in [0.15, 0.2) is 0 Å². The lowest BCUT2D eigenvalue weighted by atomic mass is 9.97. The average Bonchev–Trinajstić information content (AvgIpc) is 2.73. The van der Waals surface area contributed by atoms with Crippen molar-refractivity contribution in [2.24, 2.45) is 5.92 Å². The number of urea groups is 1. The Kier molecular flexibility index (Phi) is 6.54. The van der Waals surface area contributed by atoms with Crippen molar-refractivity contribution < 1.29 is 14.7 Å². The van der Waals surface area contributed by atoms with Crippen LogP contribution in [0.4, 0.5) is 4.79 Å². The van der Waals surface area contributed by atoms with Gasteiger partial charge in [-0.3, -0.25) is 4.79 Å². The molecular weight excluding hydrogens is 232 g/mol. The van der Waals surface area contributed by atoms with Gasteiger partial charge in [-0.25, -0.2) is 4.79 Å². The van der Waals surface area contributed by atoms with Gasteiger partial charge < -0.3 is 15.7 Å². The molecule has 2 atom stereocenters. The summed E-state index contributed by atoms with van der Waals surface area (Å²) in [6.07, 6.45) is 6.96. The van der Waals surface area contributed by atoms with E-state index in [-0.39, 0.29) is 25.0 Å². The lowest BCUT2D eigenvalue weighted by Gasteiger charge is -2.21. The second-order valence-electron chi connectivity index (χ2n) is 4.98. The van der Waals surface area contributed by atoms with Crippen molar-refractivity contribution in [3.05, 3.63) is 0 Å². The van der Waals surface area contributed by atoms with E-state index in [0.717, 1.165) is 6.42 Å². The van der Waals surface area contributed by atoms with E-state index in [9.17, 15) is 9.59 Å². The SMILES string of the molecule is CCCCC1CCCC1NC(=O)NCCC(=O)O. The molecule has 1 saturated carbocycles. The highest BCUT2D eigenvalue weighted by molar-refractivity contribution is 5.75. The number of amides is 2. The fourth-order valence-electron chi connectivity index (χ4n) is 2.54. The normalized spacial score (nSPS) is 22.7. The highest BCUT2D eigenvalue weighted by Gasteiger charge is 2.27. The second kappa shape index (κ2) is 7.95. The van der Waals surface area contributed by atoms with E-state index in [1.165, 1.54) is 32.1 Å². The minimum atomic E-state index is -0.892. The number of hydrogen-bond donors (Lipinski definition) is 3. The van der Waals surface area contributed by atoms with Crippen LogP contribution in [0.2, 0.25) is 0 Å². The zero-order valence-corrected chi connectivity index (χ0v) is 11.1. The molecule has 1 rings (SSSR count). The van der Waals surface area contributed by atoms with Crippen molar-refractivity contribution in [1.82, 2.24) is 10.6 Å². The van der Waals surface area contributed by atoms with Gasteiger partial charge in [-0.2, -0.15) is 0 Å². The van der Waals surface area contributed by atoms with Gasteiger partial charge in [0.05, 0.1) is 6.42 Å². The van der Waals surface area contributed by atoms with Gasteiger partial charge in [-0.15, -0.1) is 0 Å². The molecule has 3 N–H and O–H groups in total. The van der Waals surface area contributed by atoms with Crippen molar-refractivity contribution in [2.45, 2.75) is 57.9 Å². The summed E-state index contributed by atoms with van der Waals surface area (Å²) in [5.74, 6) is -0.299. The van der Waals surface area contributed by atoms with Crippen LogP contribution in [0.1, 0.15) is 51.9 Å². The zero-order valence-electron chi connectivity index (χ0n) is 11.1. The number of carbonyl (C=O) groups excluding carboxylic acids is 1. The molecule has 0 aromatic rings. The summed E-state index contributed by atoms with van der Waals surface area (Å²) in [6.45, 7) is 2.36. The summed E-state index contributed by atoms with van der Waals surface area (Å²) in [4.78, 5) is 21.9. The number of nitrogens with one attached hydrogen (secondary N) is 2. The van der Waals surface area contributed by atoms with E-state index in [2.05, 4.69) is 17.6 Å². The number of carboxylic acid groups (broad SMARTS) is 1. The van der Waals surface area contributed by atoms with Gasteiger partial charge in [-0.1, -0.05) is 26.2 Å². The molecule has 2 unspecified atom stereocenters. The summed E-state index contributed by atoms with van der Waals surface area (Å²) in [5, 5.41) is 14.0. The van der Waals surface area contributed by atoms with Crippen molar-refractivity contribution in [3.8, 4) is 0 Å². The molecule has 5 nitrogen and oxygen atoms in total. The van der Waals surface area contributed by atoms with Crippen LogP contribution in [-0.2, 0) is 4.79 Å². The Labute approximate surface area is 108 Å². The van der Waals surface area contributed by atoms with Gasteiger partial charge in [0.25, 0.3) is 0 Å². The number of unbranched alkanes of at least 4 members (excludes halogenated alkanes) is 1. The van der Waals surface area contributed by atoms with E-state index in [1.807, 2.05) is 0 Å². The fourth-order valence-corrected chi connectivity index (χ4v) is 2.54. The first-order valence-corrected chi connectivity index (χ1v) is 6.89. The third-order valence-corrected chi connectivity index (χ3v) is 3.53. The summed E-state index contributed by atoms with van der Waals surface area (Å²) in [6, 6.07) is 0.0334. The van der Waals surface area contributed by atoms with Crippen LogP contribution in [0, 0.1) is 5.92 Å². The largest absolute Gasteiger partial charge is 0.481 e. The Hall–Kier alpha value is -1.26. The van der Waals surface area contributed by atoms with Crippen molar-refractivity contribution in [3.63, 3.8) is 0 Å². The number of carboxylic acids is 1. The van der Waals surface area contributed by atoms with E-state index < -0.39 is 5.97 Å². The fraction of sp³-hybridized carbons (Fsp3) is 0.846. The molecule has 2 amide bonds. The topological polar surface area (TPSA) is 78.4 Å². The molecule has 1 fully saturated rings. The molecule has 1 aliphatic carbocycles. The Bertz CT molecular complexity index is 281. The molecule has 0 saturated heterocycles. The maximum Gasteiger partial charge on any atom is 0.315 e. The van der Waals surface area contributed by atoms with Crippen molar-refractivity contribution >= 4 is 12.0 Å². The molecule has 0 aromatic heterocycles. The summed E-state index contributed by atoms with van der Waals surface area (Å²) < 4.78 is 0. The highest BCUT2D eigenvalue weighted by Crippen LogP contribution is 2.29. The molecule has 18 heavy (non-hydrogen) atoms. The predicted molar refractivity (Wildman–Crippen MR) is 69.4 cm³/mol. The van der Waals surface area contributed by atoms with Gasteiger partial charge in [0.1, 0.15) is 0 Å². The molecule has 0 bridgehead atoms. The summed E-state index contributed by atoms with van der Waals surface area (Å²) in [5.41, 5.74) is 0. The Morgan fingerprint density at radius 2 is 2.11 bits per heavy atom.